The zero-order chi connectivity index (χ0) is 13.2. The standard InChI is InChI=1S/C14H16N2O2/c1-14(2,18)9-16-13(17)11-7-10-5-3-4-6-12(10)15-8-11/h3-8,18H,9H2,1-2H3,(H,16,17). The maximum Gasteiger partial charge on any atom is 0.252 e. The number of hydrogen-bond acceptors (Lipinski definition) is 3. The normalized spacial score (nSPS) is 11.5. The molecule has 1 aromatic heterocycles. The van der Waals surface area contributed by atoms with Gasteiger partial charge in [-0.3, -0.25) is 9.78 Å². The molecule has 2 N–H and O–H groups in total. The van der Waals surface area contributed by atoms with Crippen molar-refractivity contribution in [3.8, 4) is 0 Å². The first kappa shape index (κ1) is 12.5. The summed E-state index contributed by atoms with van der Waals surface area (Å²) in [6.07, 6.45) is 1.54. The predicted molar refractivity (Wildman–Crippen MR) is 70.4 cm³/mol. The number of nitrogens with one attached hydrogen (secondary N) is 1. The number of benzene rings is 1. The molecule has 1 amide bonds. The highest BCUT2D eigenvalue weighted by molar-refractivity contribution is 5.97. The Labute approximate surface area is 106 Å². The Hall–Kier alpha value is -1.94. The third-order valence-corrected chi connectivity index (χ3v) is 2.53. The van der Waals surface area contributed by atoms with Gasteiger partial charge in [-0.2, -0.15) is 0 Å². The van der Waals surface area contributed by atoms with Crippen molar-refractivity contribution in [2.75, 3.05) is 6.54 Å². The van der Waals surface area contributed by atoms with Gasteiger partial charge in [0.2, 0.25) is 0 Å². The van der Waals surface area contributed by atoms with Gasteiger partial charge in [0.25, 0.3) is 5.91 Å². The first-order valence-electron chi connectivity index (χ1n) is 5.81. The molecule has 0 aliphatic rings. The van der Waals surface area contributed by atoms with Crippen LogP contribution in [0.2, 0.25) is 0 Å². The summed E-state index contributed by atoms with van der Waals surface area (Å²) in [5.74, 6) is -0.227. The van der Waals surface area contributed by atoms with E-state index in [2.05, 4.69) is 10.3 Å². The van der Waals surface area contributed by atoms with E-state index in [1.54, 1.807) is 26.1 Å². The van der Waals surface area contributed by atoms with Crippen molar-refractivity contribution in [1.82, 2.24) is 10.3 Å². The van der Waals surface area contributed by atoms with Gasteiger partial charge in [-0.25, -0.2) is 0 Å². The quantitative estimate of drug-likeness (QED) is 0.864. The summed E-state index contributed by atoms with van der Waals surface area (Å²) in [4.78, 5) is 16.1. The van der Waals surface area contributed by atoms with Crippen molar-refractivity contribution in [2.45, 2.75) is 19.4 Å². The molecule has 0 aliphatic carbocycles. The second kappa shape index (κ2) is 4.74. The van der Waals surface area contributed by atoms with Crippen molar-refractivity contribution in [1.29, 1.82) is 0 Å². The molecule has 0 radical (unpaired) electrons. The maximum absolute atomic E-state index is 11.9. The van der Waals surface area contributed by atoms with Gasteiger partial charge >= 0.3 is 0 Å². The fraction of sp³-hybridized carbons (Fsp3) is 0.286. The van der Waals surface area contributed by atoms with Gasteiger partial charge in [0.15, 0.2) is 0 Å². The summed E-state index contributed by atoms with van der Waals surface area (Å²) in [6.45, 7) is 3.50. The molecule has 0 fully saturated rings. The van der Waals surface area contributed by atoms with E-state index in [4.69, 9.17) is 0 Å². The van der Waals surface area contributed by atoms with Gasteiger partial charge in [0.05, 0.1) is 16.7 Å². The lowest BCUT2D eigenvalue weighted by atomic mass is 10.1. The summed E-state index contributed by atoms with van der Waals surface area (Å²) in [7, 11) is 0. The third-order valence-electron chi connectivity index (χ3n) is 2.53. The van der Waals surface area contributed by atoms with E-state index in [9.17, 15) is 9.90 Å². The van der Waals surface area contributed by atoms with Gasteiger partial charge in [-0.15, -0.1) is 0 Å². The second-order valence-electron chi connectivity index (χ2n) is 4.91. The van der Waals surface area contributed by atoms with Crippen LogP contribution >= 0.6 is 0 Å². The van der Waals surface area contributed by atoms with Crippen LogP contribution in [0.25, 0.3) is 10.9 Å². The molecule has 0 bridgehead atoms. The molecule has 0 saturated heterocycles. The molecule has 94 valence electrons. The molecule has 4 nitrogen and oxygen atoms in total. The van der Waals surface area contributed by atoms with Crippen LogP contribution in [0, 0.1) is 0 Å². The van der Waals surface area contributed by atoms with Gasteiger partial charge < -0.3 is 10.4 Å². The van der Waals surface area contributed by atoms with E-state index in [0.717, 1.165) is 10.9 Å². The zero-order valence-corrected chi connectivity index (χ0v) is 10.5. The molecule has 18 heavy (non-hydrogen) atoms. The number of fused-ring (bicyclic) bond motifs is 1. The fourth-order valence-corrected chi connectivity index (χ4v) is 1.59. The maximum atomic E-state index is 11.9. The van der Waals surface area contributed by atoms with Crippen LogP contribution in [0.15, 0.2) is 36.5 Å². The molecule has 1 heterocycles. The molecule has 0 aliphatic heterocycles. The van der Waals surface area contributed by atoms with Crippen LogP contribution in [0.4, 0.5) is 0 Å². The van der Waals surface area contributed by atoms with Gasteiger partial charge in [0, 0.05) is 18.1 Å². The minimum absolute atomic E-state index is 0.207. The number of hydrogen-bond donors (Lipinski definition) is 2. The van der Waals surface area contributed by atoms with Crippen molar-refractivity contribution >= 4 is 16.8 Å². The van der Waals surface area contributed by atoms with Crippen molar-refractivity contribution in [3.05, 3.63) is 42.1 Å². The second-order valence-corrected chi connectivity index (χ2v) is 4.91. The number of amides is 1. The Bertz CT molecular complexity index is 573. The Morgan fingerprint density at radius 1 is 1.39 bits per heavy atom. The van der Waals surface area contributed by atoms with Crippen molar-refractivity contribution in [2.24, 2.45) is 0 Å². The molecule has 4 heteroatoms. The average molecular weight is 244 g/mol. The highest BCUT2D eigenvalue weighted by Gasteiger charge is 2.15. The molecule has 2 rings (SSSR count). The van der Waals surface area contributed by atoms with E-state index in [1.807, 2.05) is 24.3 Å². The zero-order valence-electron chi connectivity index (χ0n) is 10.5. The lowest BCUT2D eigenvalue weighted by Crippen LogP contribution is -2.38. The molecular weight excluding hydrogens is 228 g/mol. The lowest BCUT2D eigenvalue weighted by molar-refractivity contribution is 0.0694. The van der Waals surface area contributed by atoms with E-state index < -0.39 is 5.60 Å². The van der Waals surface area contributed by atoms with Crippen LogP contribution in [-0.2, 0) is 0 Å². The SMILES string of the molecule is CC(C)(O)CNC(=O)c1cnc2ccccc2c1. The number of nitrogens with zero attached hydrogens (tertiary/aromatic N) is 1. The van der Waals surface area contributed by atoms with Crippen LogP contribution in [0.1, 0.15) is 24.2 Å². The van der Waals surface area contributed by atoms with Crippen LogP contribution in [-0.4, -0.2) is 28.1 Å². The van der Waals surface area contributed by atoms with Crippen molar-refractivity contribution in [3.63, 3.8) is 0 Å². The number of rotatable bonds is 3. The Kier molecular flexibility index (Phi) is 3.30. The lowest BCUT2D eigenvalue weighted by Gasteiger charge is -2.17. The van der Waals surface area contributed by atoms with Crippen LogP contribution in [0.3, 0.4) is 0 Å². The van der Waals surface area contributed by atoms with Gasteiger partial charge in [0.1, 0.15) is 0 Å². The van der Waals surface area contributed by atoms with Gasteiger partial charge in [-0.05, 0) is 26.0 Å². The van der Waals surface area contributed by atoms with Crippen molar-refractivity contribution < 1.29 is 9.90 Å². The molecule has 0 spiro atoms. The Morgan fingerprint density at radius 3 is 2.83 bits per heavy atom. The first-order chi connectivity index (χ1) is 8.46. The largest absolute Gasteiger partial charge is 0.389 e. The minimum atomic E-state index is -0.917. The van der Waals surface area contributed by atoms with Crippen LogP contribution < -0.4 is 5.32 Å². The number of aromatic nitrogens is 1. The Balaban J connectivity index is 2.18. The van der Waals surface area contributed by atoms with Gasteiger partial charge in [-0.1, -0.05) is 18.2 Å². The van der Waals surface area contributed by atoms with E-state index in [-0.39, 0.29) is 12.5 Å². The highest BCUT2D eigenvalue weighted by atomic mass is 16.3. The van der Waals surface area contributed by atoms with E-state index in [0.29, 0.717) is 5.56 Å². The summed E-state index contributed by atoms with van der Waals surface area (Å²) >= 11 is 0. The van der Waals surface area contributed by atoms with E-state index in [1.165, 1.54) is 0 Å². The topological polar surface area (TPSA) is 62.2 Å². The minimum Gasteiger partial charge on any atom is -0.389 e. The molecule has 0 unspecified atom stereocenters. The predicted octanol–water partition coefficient (Wildman–Crippen LogP) is 1.74. The highest BCUT2D eigenvalue weighted by Crippen LogP contribution is 2.12. The number of aliphatic hydroxyl groups is 1. The van der Waals surface area contributed by atoms with Crippen LogP contribution in [0.5, 0.6) is 0 Å². The summed E-state index contributed by atoms with van der Waals surface area (Å²) in [6, 6.07) is 9.41. The number of pyridine rings is 1. The third kappa shape index (κ3) is 3.05. The fourth-order valence-electron chi connectivity index (χ4n) is 1.59. The smallest absolute Gasteiger partial charge is 0.252 e. The molecule has 1 aromatic carbocycles. The average Bonchev–Trinajstić information content (AvgIpc) is 2.34. The Morgan fingerprint density at radius 2 is 2.11 bits per heavy atom. The number of carbonyl (C=O) groups excluding carboxylic acids is 1. The molecular formula is C14H16N2O2. The molecule has 0 saturated carbocycles. The van der Waals surface area contributed by atoms with E-state index >= 15 is 0 Å². The molecule has 0 atom stereocenters. The summed E-state index contributed by atoms with van der Waals surface area (Å²) in [5, 5.41) is 13.2. The number of para-hydroxylation sites is 1. The first-order valence-corrected chi connectivity index (χ1v) is 5.81. The summed E-state index contributed by atoms with van der Waals surface area (Å²) < 4.78 is 0. The summed E-state index contributed by atoms with van der Waals surface area (Å²) in [5.41, 5.74) is 0.439. The monoisotopic (exact) mass is 244 g/mol. The number of carbonyl (C=O) groups is 1. The molecule has 2 aromatic rings.